The van der Waals surface area contributed by atoms with Crippen molar-refractivity contribution in [3.63, 3.8) is 0 Å². The Bertz CT molecular complexity index is 709. The zero-order valence-electron chi connectivity index (χ0n) is 15.6. The summed E-state index contributed by atoms with van der Waals surface area (Å²) in [5.74, 6) is 0.834. The molecule has 2 aromatic rings. The fourth-order valence-electron chi connectivity index (χ4n) is 2.63. The van der Waals surface area contributed by atoms with Gasteiger partial charge < -0.3 is 15.4 Å². The van der Waals surface area contributed by atoms with Gasteiger partial charge in [0.1, 0.15) is 5.75 Å². The highest BCUT2D eigenvalue weighted by atomic mass is 16.5. The van der Waals surface area contributed by atoms with E-state index >= 15 is 0 Å². The maximum Gasteiger partial charge on any atom is 0.321 e. The highest BCUT2D eigenvalue weighted by molar-refractivity contribution is 5.89. The Hall–Kier alpha value is -2.49. The van der Waals surface area contributed by atoms with E-state index < -0.39 is 0 Å². The summed E-state index contributed by atoms with van der Waals surface area (Å²) in [7, 11) is 0. The molecule has 2 aromatic carbocycles. The van der Waals surface area contributed by atoms with E-state index in [9.17, 15) is 4.79 Å². The summed E-state index contributed by atoms with van der Waals surface area (Å²) in [5.41, 5.74) is 5.41. The topological polar surface area (TPSA) is 50.4 Å². The lowest BCUT2D eigenvalue weighted by molar-refractivity contribution is 0.234. The van der Waals surface area contributed by atoms with Gasteiger partial charge in [0.2, 0.25) is 0 Å². The van der Waals surface area contributed by atoms with Crippen LogP contribution >= 0.6 is 0 Å². The van der Waals surface area contributed by atoms with Crippen LogP contribution in [0.1, 0.15) is 42.0 Å². The monoisotopic (exact) mass is 340 g/mol. The summed E-state index contributed by atoms with van der Waals surface area (Å²) in [6.45, 7) is 8.39. The van der Waals surface area contributed by atoms with Gasteiger partial charge in [-0.1, -0.05) is 37.6 Å². The van der Waals surface area contributed by atoms with Gasteiger partial charge in [0.25, 0.3) is 0 Å². The molecule has 0 heterocycles. The molecule has 134 valence electrons. The Morgan fingerprint density at radius 3 is 2.36 bits per heavy atom. The molecule has 2 N–H and O–H groups in total. The Morgan fingerprint density at radius 1 is 1.00 bits per heavy atom. The van der Waals surface area contributed by atoms with E-state index in [1.807, 2.05) is 39.0 Å². The molecule has 0 aliphatic rings. The van der Waals surface area contributed by atoms with Crippen LogP contribution < -0.4 is 15.4 Å². The first kappa shape index (κ1) is 18.8. The first-order chi connectivity index (χ1) is 12.0. The maximum atomic E-state index is 12.0. The standard InChI is InChI=1S/C21H28N2O2/c1-5-6-7-18-10-12-19(13-11-18)23-21(24)22-14-25-20-16(3)9-8-15(2)17(20)4/h8-13H,5-7,14H2,1-4H3,(H2,22,23,24). The van der Waals surface area contributed by atoms with E-state index in [0.29, 0.717) is 0 Å². The van der Waals surface area contributed by atoms with Crippen molar-refractivity contribution in [2.45, 2.75) is 47.0 Å². The average molecular weight is 340 g/mol. The molecule has 0 bridgehead atoms. The Labute approximate surface area is 150 Å². The summed E-state index contributed by atoms with van der Waals surface area (Å²) in [6.07, 6.45) is 3.44. The van der Waals surface area contributed by atoms with Crippen molar-refractivity contribution in [3.05, 3.63) is 58.7 Å². The van der Waals surface area contributed by atoms with Crippen LogP contribution in [0, 0.1) is 20.8 Å². The predicted octanol–water partition coefficient (Wildman–Crippen LogP) is 5.11. The molecule has 0 saturated heterocycles. The van der Waals surface area contributed by atoms with Gasteiger partial charge in [-0.15, -0.1) is 0 Å². The van der Waals surface area contributed by atoms with Gasteiger partial charge in [-0.05, 0) is 68.0 Å². The van der Waals surface area contributed by atoms with Crippen LogP contribution in [0.3, 0.4) is 0 Å². The van der Waals surface area contributed by atoms with Gasteiger partial charge in [0.15, 0.2) is 6.73 Å². The third-order valence-corrected chi connectivity index (χ3v) is 4.35. The minimum atomic E-state index is -0.274. The Balaban J connectivity index is 1.82. The summed E-state index contributed by atoms with van der Waals surface area (Å²) in [5, 5.41) is 5.55. The molecule has 0 radical (unpaired) electrons. The average Bonchev–Trinajstić information content (AvgIpc) is 2.60. The van der Waals surface area contributed by atoms with Crippen LogP contribution in [0.2, 0.25) is 0 Å². The molecule has 0 aliphatic heterocycles. The van der Waals surface area contributed by atoms with Crippen molar-refractivity contribution < 1.29 is 9.53 Å². The third-order valence-electron chi connectivity index (χ3n) is 4.35. The molecule has 25 heavy (non-hydrogen) atoms. The number of ether oxygens (including phenoxy) is 1. The second-order valence-corrected chi connectivity index (χ2v) is 6.37. The lowest BCUT2D eigenvalue weighted by Crippen LogP contribution is -2.32. The number of benzene rings is 2. The molecule has 2 rings (SSSR count). The summed E-state index contributed by atoms with van der Waals surface area (Å²) in [6, 6.07) is 11.8. The molecular formula is C21H28N2O2. The van der Waals surface area contributed by atoms with Gasteiger partial charge >= 0.3 is 6.03 Å². The molecule has 0 aliphatic carbocycles. The molecule has 4 nitrogen and oxygen atoms in total. The SMILES string of the molecule is CCCCc1ccc(NC(=O)NCOc2c(C)ccc(C)c2C)cc1. The fraction of sp³-hybridized carbons (Fsp3) is 0.381. The van der Waals surface area contributed by atoms with Crippen molar-refractivity contribution >= 4 is 11.7 Å². The fourth-order valence-corrected chi connectivity index (χ4v) is 2.63. The smallest absolute Gasteiger partial charge is 0.321 e. The summed E-state index contributed by atoms with van der Waals surface area (Å²) < 4.78 is 5.75. The molecule has 0 aromatic heterocycles. The van der Waals surface area contributed by atoms with E-state index in [1.54, 1.807) is 0 Å². The van der Waals surface area contributed by atoms with Crippen LogP contribution in [0.4, 0.5) is 10.5 Å². The van der Waals surface area contributed by atoms with Crippen LogP contribution in [-0.2, 0) is 6.42 Å². The first-order valence-corrected chi connectivity index (χ1v) is 8.84. The number of hydrogen-bond acceptors (Lipinski definition) is 2. The largest absolute Gasteiger partial charge is 0.473 e. The van der Waals surface area contributed by atoms with Crippen molar-refractivity contribution in [2.24, 2.45) is 0 Å². The number of amides is 2. The van der Waals surface area contributed by atoms with E-state index in [1.165, 1.54) is 24.0 Å². The van der Waals surface area contributed by atoms with Gasteiger partial charge in [-0.3, -0.25) is 0 Å². The van der Waals surface area contributed by atoms with Crippen LogP contribution in [0.15, 0.2) is 36.4 Å². The van der Waals surface area contributed by atoms with E-state index in [0.717, 1.165) is 29.0 Å². The van der Waals surface area contributed by atoms with Gasteiger partial charge in [-0.25, -0.2) is 4.79 Å². The third kappa shape index (κ3) is 5.52. The lowest BCUT2D eigenvalue weighted by Gasteiger charge is -2.15. The number of hydrogen-bond donors (Lipinski definition) is 2. The molecule has 2 amide bonds. The molecule has 0 fully saturated rings. The minimum Gasteiger partial charge on any atom is -0.473 e. The highest BCUT2D eigenvalue weighted by Gasteiger charge is 2.07. The second kappa shape index (κ2) is 9.11. The zero-order chi connectivity index (χ0) is 18.2. The van der Waals surface area contributed by atoms with Crippen LogP contribution in [0.25, 0.3) is 0 Å². The van der Waals surface area contributed by atoms with Gasteiger partial charge in [0, 0.05) is 5.69 Å². The van der Waals surface area contributed by atoms with Gasteiger partial charge in [-0.2, -0.15) is 0 Å². The van der Waals surface area contributed by atoms with Crippen LogP contribution in [0.5, 0.6) is 5.75 Å². The number of nitrogens with one attached hydrogen (secondary N) is 2. The van der Waals surface area contributed by atoms with Crippen molar-refractivity contribution in [1.29, 1.82) is 0 Å². The minimum absolute atomic E-state index is 0.131. The maximum absolute atomic E-state index is 12.0. The normalized spacial score (nSPS) is 10.4. The summed E-state index contributed by atoms with van der Waals surface area (Å²) >= 11 is 0. The molecular weight excluding hydrogens is 312 g/mol. The van der Waals surface area contributed by atoms with Crippen molar-refractivity contribution in [1.82, 2.24) is 5.32 Å². The van der Waals surface area contributed by atoms with E-state index in [-0.39, 0.29) is 12.8 Å². The van der Waals surface area contributed by atoms with Crippen LogP contribution in [-0.4, -0.2) is 12.8 Å². The zero-order valence-corrected chi connectivity index (χ0v) is 15.6. The molecule has 0 saturated carbocycles. The Morgan fingerprint density at radius 2 is 1.68 bits per heavy atom. The molecule has 0 unspecified atom stereocenters. The Kier molecular flexibility index (Phi) is 6.87. The lowest BCUT2D eigenvalue weighted by atomic mass is 10.1. The number of carbonyl (C=O) groups is 1. The number of urea groups is 1. The van der Waals surface area contributed by atoms with Crippen molar-refractivity contribution in [2.75, 3.05) is 12.0 Å². The number of anilines is 1. The second-order valence-electron chi connectivity index (χ2n) is 6.37. The number of rotatable bonds is 7. The first-order valence-electron chi connectivity index (χ1n) is 8.84. The highest BCUT2D eigenvalue weighted by Crippen LogP contribution is 2.25. The molecule has 0 spiro atoms. The molecule has 4 heteroatoms. The predicted molar refractivity (Wildman–Crippen MR) is 103 cm³/mol. The van der Waals surface area contributed by atoms with Crippen molar-refractivity contribution in [3.8, 4) is 5.75 Å². The quantitative estimate of drug-likeness (QED) is 0.688. The van der Waals surface area contributed by atoms with E-state index in [4.69, 9.17) is 4.74 Å². The summed E-state index contributed by atoms with van der Waals surface area (Å²) in [4.78, 5) is 12.0. The number of unbranched alkanes of at least 4 members (excludes halogenated alkanes) is 1. The van der Waals surface area contributed by atoms with E-state index in [2.05, 4.69) is 35.8 Å². The van der Waals surface area contributed by atoms with Gasteiger partial charge in [0.05, 0.1) is 0 Å². The number of carbonyl (C=O) groups excluding carboxylic acids is 1. The number of aryl methyl sites for hydroxylation is 3. The molecule has 0 atom stereocenters.